The molecule has 12 nitrogen and oxygen atoms in total. The predicted octanol–water partition coefficient (Wildman–Crippen LogP) is 1.53. The topological polar surface area (TPSA) is 170 Å². The van der Waals surface area contributed by atoms with Gasteiger partial charge < -0.3 is 35.8 Å². The van der Waals surface area contributed by atoms with E-state index >= 15 is 0 Å². The number of nitrogens with zero attached hydrogens (tertiary/aromatic N) is 1. The normalized spacial score (nSPS) is 14.5. The second-order valence-electron chi connectivity index (χ2n) is 10.0. The van der Waals surface area contributed by atoms with Gasteiger partial charge >= 0.3 is 6.09 Å². The number of sulfonamides is 1. The molecule has 0 radical (unpaired) electrons. The van der Waals surface area contributed by atoms with Crippen molar-refractivity contribution in [1.82, 2.24) is 15.1 Å². The lowest BCUT2D eigenvalue weighted by Crippen LogP contribution is -2.48. The summed E-state index contributed by atoms with van der Waals surface area (Å²) in [6.45, 7) is 4.89. The zero-order valence-electron chi connectivity index (χ0n) is 22.3. The average Bonchev–Trinajstić information content (AvgIpc) is 3.36. The SMILES string of the molecule is CC(O)C(Cc1ccccc1)NC(=O)ON(CC(C)(C)CCNC(=O)CN)S(=O)(=O)c1ccc2c(c1)OCO2. The molecule has 1 aliphatic heterocycles. The van der Waals surface area contributed by atoms with Crippen LogP contribution in [0, 0.1) is 5.41 Å². The van der Waals surface area contributed by atoms with E-state index in [-0.39, 0.29) is 43.0 Å². The Morgan fingerprint density at radius 3 is 2.51 bits per heavy atom. The number of hydrogen-bond acceptors (Lipinski definition) is 9. The number of aliphatic hydroxyl groups is 1. The zero-order valence-corrected chi connectivity index (χ0v) is 23.1. The molecule has 3 rings (SSSR count). The van der Waals surface area contributed by atoms with Gasteiger partial charge in [-0.05, 0) is 47.3 Å². The minimum absolute atomic E-state index is 0.0366. The van der Waals surface area contributed by atoms with Gasteiger partial charge in [0.05, 0.1) is 30.1 Å². The Balaban J connectivity index is 1.81. The second-order valence-corrected chi connectivity index (χ2v) is 11.8. The zero-order chi connectivity index (χ0) is 28.6. The van der Waals surface area contributed by atoms with Crippen LogP contribution in [-0.4, -0.2) is 68.6 Å². The van der Waals surface area contributed by atoms with E-state index in [1.165, 1.54) is 25.1 Å². The van der Waals surface area contributed by atoms with E-state index in [0.717, 1.165) is 5.56 Å². The van der Waals surface area contributed by atoms with E-state index in [4.69, 9.17) is 20.0 Å². The molecule has 2 aromatic rings. The van der Waals surface area contributed by atoms with Gasteiger partial charge in [-0.1, -0.05) is 44.2 Å². The molecule has 0 saturated carbocycles. The lowest BCUT2D eigenvalue weighted by Gasteiger charge is -2.31. The van der Waals surface area contributed by atoms with Gasteiger partial charge in [-0.15, -0.1) is 0 Å². The molecule has 1 heterocycles. The number of amides is 2. The van der Waals surface area contributed by atoms with Crippen LogP contribution in [0.15, 0.2) is 53.4 Å². The number of ether oxygens (including phenoxy) is 2. The van der Waals surface area contributed by atoms with Crippen LogP contribution in [0.25, 0.3) is 0 Å². The molecular formula is C26H36N4O8S. The third-order valence-electron chi connectivity index (χ3n) is 6.15. The van der Waals surface area contributed by atoms with Gasteiger partial charge in [-0.3, -0.25) is 4.79 Å². The number of nitrogens with one attached hydrogen (secondary N) is 2. The van der Waals surface area contributed by atoms with Crippen LogP contribution < -0.4 is 25.8 Å². The van der Waals surface area contributed by atoms with Crippen molar-refractivity contribution in [2.75, 3.05) is 26.4 Å². The van der Waals surface area contributed by atoms with Gasteiger partial charge in [0.2, 0.25) is 12.7 Å². The van der Waals surface area contributed by atoms with E-state index < -0.39 is 33.7 Å². The highest BCUT2D eigenvalue weighted by Crippen LogP contribution is 2.35. The maximum atomic E-state index is 13.7. The quantitative estimate of drug-likeness (QED) is 0.264. The molecule has 0 fully saturated rings. The largest absolute Gasteiger partial charge is 0.454 e. The fourth-order valence-corrected chi connectivity index (χ4v) is 5.26. The number of hydroxylamine groups is 1. The highest BCUT2D eigenvalue weighted by atomic mass is 32.2. The first-order valence-electron chi connectivity index (χ1n) is 12.5. The molecular weight excluding hydrogens is 528 g/mol. The fraction of sp³-hybridized carbons (Fsp3) is 0.462. The monoisotopic (exact) mass is 564 g/mol. The molecule has 0 bridgehead atoms. The Hall–Kier alpha value is -3.39. The minimum Gasteiger partial charge on any atom is -0.454 e. The summed E-state index contributed by atoms with van der Waals surface area (Å²) in [5.41, 5.74) is 5.46. The summed E-state index contributed by atoms with van der Waals surface area (Å²) in [6, 6.07) is 12.6. The molecule has 13 heteroatoms. The molecule has 0 saturated heterocycles. The molecule has 39 heavy (non-hydrogen) atoms. The van der Waals surface area contributed by atoms with Crippen LogP contribution in [0.4, 0.5) is 4.79 Å². The molecule has 2 amide bonds. The molecule has 2 unspecified atom stereocenters. The molecule has 0 aromatic heterocycles. The molecule has 2 atom stereocenters. The molecule has 2 aromatic carbocycles. The maximum Gasteiger partial charge on any atom is 0.427 e. The Kier molecular flexibility index (Phi) is 10.1. The summed E-state index contributed by atoms with van der Waals surface area (Å²) < 4.78 is 38.5. The van der Waals surface area contributed by atoms with Crippen LogP contribution in [-0.2, 0) is 26.1 Å². The van der Waals surface area contributed by atoms with E-state index in [1.54, 1.807) is 13.8 Å². The van der Waals surface area contributed by atoms with Crippen molar-refractivity contribution in [3.8, 4) is 11.5 Å². The summed E-state index contributed by atoms with van der Waals surface area (Å²) in [4.78, 5) is 29.7. The summed E-state index contributed by atoms with van der Waals surface area (Å²) in [5, 5.41) is 15.5. The van der Waals surface area contributed by atoms with Crippen LogP contribution in [0.5, 0.6) is 11.5 Å². The van der Waals surface area contributed by atoms with Crippen molar-refractivity contribution in [2.45, 2.75) is 50.7 Å². The van der Waals surface area contributed by atoms with Gasteiger partial charge in [0.1, 0.15) is 0 Å². The number of aliphatic hydroxyl groups excluding tert-OH is 1. The Labute approximate surface area is 228 Å². The molecule has 1 aliphatic rings. The first-order chi connectivity index (χ1) is 18.4. The fourth-order valence-electron chi connectivity index (χ4n) is 3.84. The number of carbonyl (C=O) groups is 2. The van der Waals surface area contributed by atoms with Crippen molar-refractivity contribution in [2.24, 2.45) is 11.1 Å². The van der Waals surface area contributed by atoms with Crippen LogP contribution >= 0.6 is 0 Å². The number of carbonyl (C=O) groups excluding carboxylic acids is 2. The number of fused-ring (bicyclic) bond motifs is 1. The van der Waals surface area contributed by atoms with Crippen LogP contribution in [0.1, 0.15) is 32.8 Å². The molecule has 0 spiro atoms. The van der Waals surface area contributed by atoms with Gasteiger partial charge in [0.25, 0.3) is 10.0 Å². The summed E-state index contributed by atoms with van der Waals surface area (Å²) in [6.07, 6.45) is -1.33. The Morgan fingerprint density at radius 2 is 1.85 bits per heavy atom. The lowest BCUT2D eigenvalue weighted by molar-refractivity contribution is -0.119. The van der Waals surface area contributed by atoms with E-state index in [1.807, 2.05) is 30.3 Å². The summed E-state index contributed by atoms with van der Waals surface area (Å²) in [5.74, 6) is 0.311. The van der Waals surface area contributed by atoms with Crippen molar-refractivity contribution in [3.63, 3.8) is 0 Å². The third-order valence-corrected chi connectivity index (χ3v) is 7.73. The number of nitrogens with two attached hydrogens (primary N) is 1. The highest BCUT2D eigenvalue weighted by molar-refractivity contribution is 7.89. The molecule has 5 N–H and O–H groups in total. The average molecular weight is 565 g/mol. The Morgan fingerprint density at radius 1 is 1.15 bits per heavy atom. The third kappa shape index (κ3) is 8.55. The number of hydrogen-bond donors (Lipinski definition) is 4. The number of rotatable bonds is 13. The summed E-state index contributed by atoms with van der Waals surface area (Å²) in [7, 11) is -4.37. The minimum atomic E-state index is -4.37. The Bertz CT molecular complexity index is 1240. The highest BCUT2D eigenvalue weighted by Gasteiger charge is 2.36. The van der Waals surface area contributed by atoms with Crippen LogP contribution in [0.3, 0.4) is 0 Å². The van der Waals surface area contributed by atoms with Gasteiger partial charge in [-0.25, -0.2) is 13.2 Å². The van der Waals surface area contributed by atoms with E-state index in [2.05, 4.69) is 10.6 Å². The van der Waals surface area contributed by atoms with Crippen LogP contribution in [0.2, 0.25) is 0 Å². The van der Waals surface area contributed by atoms with Crippen molar-refractivity contribution in [1.29, 1.82) is 0 Å². The van der Waals surface area contributed by atoms with Gasteiger partial charge in [0.15, 0.2) is 11.5 Å². The van der Waals surface area contributed by atoms with E-state index in [9.17, 15) is 23.1 Å². The van der Waals surface area contributed by atoms with Gasteiger partial charge in [-0.2, -0.15) is 0 Å². The van der Waals surface area contributed by atoms with E-state index in [0.29, 0.717) is 23.1 Å². The molecule has 0 aliphatic carbocycles. The van der Waals surface area contributed by atoms with Crippen molar-refractivity contribution < 1.29 is 37.4 Å². The number of benzene rings is 2. The smallest absolute Gasteiger partial charge is 0.427 e. The van der Waals surface area contributed by atoms with Gasteiger partial charge in [0, 0.05) is 12.6 Å². The second kappa shape index (κ2) is 13.1. The van der Waals surface area contributed by atoms with Crippen molar-refractivity contribution >= 4 is 22.0 Å². The lowest BCUT2D eigenvalue weighted by atomic mass is 9.89. The van der Waals surface area contributed by atoms with Crippen molar-refractivity contribution in [3.05, 3.63) is 54.1 Å². The molecule has 214 valence electrons. The predicted molar refractivity (Wildman–Crippen MR) is 142 cm³/mol. The standard InChI is InChI=1S/C26H36N4O8S/c1-18(31)21(13-19-7-5-4-6-8-19)29-25(33)38-30(16-26(2,3)11-12-28-24(32)15-27)39(34,35)20-9-10-22-23(14-20)37-17-36-22/h4-10,14,18,21,31H,11-13,15-17,27H2,1-3H3,(H,28,32)(H,29,33). The first-order valence-corrected chi connectivity index (χ1v) is 13.9. The maximum absolute atomic E-state index is 13.7. The first kappa shape index (κ1) is 30.2. The summed E-state index contributed by atoms with van der Waals surface area (Å²) >= 11 is 0.